The topological polar surface area (TPSA) is 37.3 Å². The molecule has 1 atom stereocenters. The first kappa shape index (κ1) is 20.1. The van der Waals surface area contributed by atoms with Gasteiger partial charge in [0.25, 0.3) is 0 Å². The summed E-state index contributed by atoms with van der Waals surface area (Å²) < 4.78 is 2.22. The van der Waals surface area contributed by atoms with Crippen molar-refractivity contribution in [3.63, 3.8) is 0 Å². The largest absolute Gasteiger partial charge is 0.322 e. The molecule has 0 radical (unpaired) electrons. The molecule has 2 amide bonds. The van der Waals surface area contributed by atoms with Gasteiger partial charge >= 0.3 is 6.03 Å². The summed E-state index contributed by atoms with van der Waals surface area (Å²) in [6.07, 6.45) is 2.09. The van der Waals surface area contributed by atoms with Gasteiger partial charge in [-0.05, 0) is 72.9 Å². The predicted octanol–water partition coefficient (Wildman–Crippen LogP) is 6.54. The maximum atomic E-state index is 13.8. The van der Waals surface area contributed by atoms with Crippen LogP contribution >= 0.6 is 0 Å². The first-order valence-corrected chi connectivity index (χ1v) is 11.0. The van der Waals surface area contributed by atoms with Crippen LogP contribution < -0.4 is 5.32 Å². The molecule has 0 fully saturated rings. The Kier molecular flexibility index (Phi) is 5.06. The summed E-state index contributed by atoms with van der Waals surface area (Å²) in [5.41, 5.74) is 8.65. The van der Waals surface area contributed by atoms with Crippen LogP contribution in [0.25, 0.3) is 5.69 Å². The van der Waals surface area contributed by atoms with Gasteiger partial charge in [0.2, 0.25) is 0 Å². The number of aryl methyl sites for hydroxylation is 3. The number of anilines is 1. The van der Waals surface area contributed by atoms with Gasteiger partial charge in [-0.1, -0.05) is 54.6 Å². The number of hydrogen-bond donors (Lipinski definition) is 1. The number of carbonyl (C=O) groups excluding carboxylic acids is 1. The molecule has 4 heteroatoms. The van der Waals surface area contributed by atoms with Crippen LogP contribution in [0.5, 0.6) is 0 Å². The minimum absolute atomic E-state index is 0.101. The standard InChI is InChI=1S/C28H27N3O/c1-19-14-15-21(3)24(17-19)29-28(32)31-18-22-10-5-7-12-25(22)30-16-8-13-26(30)27(31)23-11-6-4-9-20(23)2/h4-17,27H,18H2,1-3H3,(H,29,32)/t27-/m0/s1. The number of urea groups is 1. The minimum Gasteiger partial charge on any atom is -0.318 e. The number of rotatable bonds is 2. The van der Waals surface area contributed by atoms with E-state index >= 15 is 0 Å². The Bertz CT molecular complexity index is 1300. The molecule has 160 valence electrons. The average Bonchev–Trinajstić information content (AvgIpc) is 3.21. The molecule has 0 spiro atoms. The van der Waals surface area contributed by atoms with Crippen molar-refractivity contribution in [2.75, 3.05) is 5.32 Å². The van der Waals surface area contributed by atoms with Crippen molar-refractivity contribution in [2.24, 2.45) is 0 Å². The molecule has 0 bridgehead atoms. The summed E-state index contributed by atoms with van der Waals surface area (Å²) in [6, 6.07) is 26.7. The van der Waals surface area contributed by atoms with Crippen LogP contribution in [0, 0.1) is 20.8 Å². The lowest BCUT2D eigenvalue weighted by Gasteiger charge is -2.32. The fourth-order valence-electron chi connectivity index (χ4n) is 4.62. The summed E-state index contributed by atoms with van der Waals surface area (Å²) in [5.74, 6) is 0. The highest BCUT2D eigenvalue weighted by atomic mass is 16.2. The van der Waals surface area contributed by atoms with Crippen molar-refractivity contribution in [2.45, 2.75) is 33.4 Å². The zero-order valence-corrected chi connectivity index (χ0v) is 18.7. The van der Waals surface area contributed by atoms with Gasteiger partial charge in [0.1, 0.15) is 6.04 Å². The molecule has 2 heterocycles. The van der Waals surface area contributed by atoms with Gasteiger partial charge in [-0.2, -0.15) is 0 Å². The van der Waals surface area contributed by atoms with Gasteiger partial charge in [0, 0.05) is 17.6 Å². The summed E-state index contributed by atoms with van der Waals surface area (Å²) in [6.45, 7) is 6.70. The number of fused-ring (bicyclic) bond motifs is 3. The number of amides is 2. The number of para-hydroxylation sites is 1. The van der Waals surface area contributed by atoms with Crippen molar-refractivity contribution >= 4 is 11.7 Å². The summed E-state index contributed by atoms with van der Waals surface area (Å²) in [5, 5.41) is 3.20. The number of hydrogen-bond acceptors (Lipinski definition) is 1. The van der Waals surface area contributed by atoms with E-state index in [1.165, 1.54) is 5.56 Å². The third-order valence-electron chi connectivity index (χ3n) is 6.34. The van der Waals surface area contributed by atoms with Crippen LogP contribution in [-0.4, -0.2) is 15.5 Å². The lowest BCUT2D eigenvalue weighted by molar-refractivity contribution is 0.194. The fourth-order valence-corrected chi connectivity index (χ4v) is 4.62. The van der Waals surface area contributed by atoms with E-state index in [1.54, 1.807) is 0 Å². The van der Waals surface area contributed by atoms with Crippen LogP contribution in [0.2, 0.25) is 0 Å². The summed E-state index contributed by atoms with van der Waals surface area (Å²) in [4.78, 5) is 15.8. The van der Waals surface area contributed by atoms with Gasteiger partial charge in [-0.25, -0.2) is 4.79 Å². The number of nitrogens with one attached hydrogen (secondary N) is 1. The molecule has 0 saturated carbocycles. The molecule has 1 aliphatic heterocycles. The fraction of sp³-hybridized carbons (Fsp3) is 0.179. The molecule has 0 aliphatic carbocycles. The first-order valence-electron chi connectivity index (χ1n) is 11.0. The van der Waals surface area contributed by atoms with Gasteiger partial charge in [-0.15, -0.1) is 0 Å². The maximum Gasteiger partial charge on any atom is 0.322 e. The lowest BCUT2D eigenvalue weighted by atomic mass is 9.97. The van der Waals surface area contributed by atoms with E-state index in [1.807, 2.05) is 43.0 Å². The van der Waals surface area contributed by atoms with Crippen molar-refractivity contribution in [1.82, 2.24) is 9.47 Å². The highest BCUT2D eigenvalue weighted by Gasteiger charge is 2.33. The Morgan fingerprint density at radius 3 is 2.50 bits per heavy atom. The monoisotopic (exact) mass is 421 g/mol. The highest BCUT2D eigenvalue weighted by Crippen LogP contribution is 2.38. The molecule has 3 aromatic carbocycles. The molecular formula is C28H27N3O. The number of aromatic nitrogens is 1. The van der Waals surface area contributed by atoms with Gasteiger partial charge in [0.05, 0.1) is 12.2 Å². The zero-order chi connectivity index (χ0) is 22.2. The van der Waals surface area contributed by atoms with Crippen LogP contribution in [-0.2, 0) is 6.54 Å². The van der Waals surface area contributed by atoms with Crippen molar-refractivity contribution in [3.8, 4) is 5.69 Å². The molecule has 1 aromatic heterocycles. The third-order valence-corrected chi connectivity index (χ3v) is 6.34. The van der Waals surface area contributed by atoms with E-state index in [0.29, 0.717) is 6.54 Å². The minimum atomic E-state index is -0.205. The number of carbonyl (C=O) groups is 1. The second-order valence-electron chi connectivity index (χ2n) is 8.57. The van der Waals surface area contributed by atoms with E-state index in [9.17, 15) is 4.79 Å². The van der Waals surface area contributed by atoms with Crippen molar-refractivity contribution in [1.29, 1.82) is 0 Å². The summed E-state index contributed by atoms with van der Waals surface area (Å²) in [7, 11) is 0. The molecular weight excluding hydrogens is 394 g/mol. The molecule has 0 unspecified atom stereocenters. The molecule has 1 N–H and O–H groups in total. The smallest absolute Gasteiger partial charge is 0.318 e. The third kappa shape index (κ3) is 3.48. The van der Waals surface area contributed by atoms with Gasteiger partial charge in [0.15, 0.2) is 0 Å². The van der Waals surface area contributed by atoms with Crippen LogP contribution in [0.15, 0.2) is 85.1 Å². The molecule has 32 heavy (non-hydrogen) atoms. The van der Waals surface area contributed by atoms with Crippen LogP contribution in [0.3, 0.4) is 0 Å². The highest BCUT2D eigenvalue weighted by molar-refractivity contribution is 5.91. The van der Waals surface area contributed by atoms with E-state index in [4.69, 9.17) is 0 Å². The number of nitrogens with zero attached hydrogens (tertiary/aromatic N) is 2. The van der Waals surface area contributed by atoms with Crippen molar-refractivity contribution < 1.29 is 4.79 Å². The lowest BCUT2D eigenvalue weighted by Crippen LogP contribution is -2.38. The van der Waals surface area contributed by atoms with E-state index in [0.717, 1.165) is 39.3 Å². The predicted molar refractivity (Wildman–Crippen MR) is 129 cm³/mol. The Morgan fingerprint density at radius 1 is 0.875 bits per heavy atom. The van der Waals surface area contributed by atoms with Crippen LogP contribution in [0.1, 0.15) is 39.6 Å². The second-order valence-corrected chi connectivity index (χ2v) is 8.57. The molecule has 4 aromatic rings. The average molecular weight is 422 g/mol. The number of benzene rings is 3. The Hall–Kier alpha value is -3.79. The SMILES string of the molecule is Cc1ccc(C)c(NC(=O)N2Cc3ccccc3-n3cccc3[C@@H]2c2ccccc2C)c1. The molecule has 0 saturated heterocycles. The zero-order valence-electron chi connectivity index (χ0n) is 18.7. The van der Waals surface area contributed by atoms with Gasteiger partial charge in [-0.3, -0.25) is 0 Å². The first-order chi connectivity index (χ1) is 15.5. The normalized spacial score (nSPS) is 15.0. The molecule has 1 aliphatic rings. The Morgan fingerprint density at radius 2 is 1.66 bits per heavy atom. The Balaban J connectivity index is 1.66. The molecule has 4 nitrogen and oxygen atoms in total. The van der Waals surface area contributed by atoms with Gasteiger partial charge < -0.3 is 14.8 Å². The van der Waals surface area contributed by atoms with Crippen LogP contribution in [0.4, 0.5) is 10.5 Å². The van der Waals surface area contributed by atoms with E-state index in [-0.39, 0.29) is 12.1 Å². The molecule has 5 rings (SSSR count). The second kappa shape index (κ2) is 8.04. The summed E-state index contributed by atoms with van der Waals surface area (Å²) >= 11 is 0. The maximum absolute atomic E-state index is 13.8. The quantitative estimate of drug-likeness (QED) is 0.392. The Labute approximate surface area is 189 Å². The van der Waals surface area contributed by atoms with Crippen molar-refractivity contribution in [3.05, 3.63) is 119 Å². The van der Waals surface area contributed by atoms with E-state index in [2.05, 4.69) is 77.6 Å². The van der Waals surface area contributed by atoms with E-state index < -0.39 is 0 Å².